The molecule has 2 aromatic heterocycles. The Morgan fingerprint density at radius 2 is 2.24 bits per heavy atom. The molecule has 0 aliphatic heterocycles. The fraction of sp³-hybridized carbons (Fsp3) is 0.375. The van der Waals surface area contributed by atoms with E-state index in [0.29, 0.717) is 16.0 Å². The van der Waals surface area contributed by atoms with Crippen LogP contribution in [-0.2, 0) is 6.42 Å². The predicted octanol–water partition coefficient (Wildman–Crippen LogP) is 4.16. The fourth-order valence-corrected chi connectivity index (χ4v) is 3.57. The minimum absolute atomic E-state index is 0.0657. The Morgan fingerprint density at radius 1 is 1.38 bits per heavy atom. The summed E-state index contributed by atoms with van der Waals surface area (Å²) in [6, 6.07) is 5.97. The fourth-order valence-electron chi connectivity index (χ4n) is 3.07. The van der Waals surface area contributed by atoms with E-state index < -0.39 is 0 Å². The third-order valence-corrected chi connectivity index (χ3v) is 4.47. The topological polar surface area (TPSA) is 37.8 Å². The van der Waals surface area contributed by atoms with Crippen LogP contribution in [-0.4, -0.2) is 16.5 Å². The molecule has 0 spiro atoms. The number of nitrogens with zero attached hydrogens (tertiary/aromatic N) is 2. The molecule has 3 rings (SSSR count). The lowest BCUT2D eigenvalue weighted by molar-refractivity contribution is 0.438. The van der Waals surface area contributed by atoms with Gasteiger partial charge in [0.05, 0.1) is 21.8 Å². The van der Waals surface area contributed by atoms with E-state index in [1.807, 2.05) is 12.3 Å². The molecule has 1 N–H and O–H groups in total. The third-order valence-electron chi connectivity index (χ3n) is 3.96. The van der Waals surface area contributed by atoms with E-state index in [9.17, 15) is 0 Å². The number of aromatic nitrogens is 2. The smallest absolute Gasteiger partial charge is 0.0766 e. The number of hydrogen-bond donors (Lipinski definition) is 1. The Kier molecular flexibility index (Phi) is 4.43. The van der Waals surface area contributed by atoms with Crippen LogP contribution in [0.4, 0.5) is 0 Å². The van der Waals surface area contributed by atoms with Crippen LogP contribution in [0.3, 0.4) is 0 Å². The number of halogens is 2. The summed E-state index contributed by atoms with van der Waals surface area (Å²) in [4.78, 5) is 9.04. The van der Waals surface area contributed by atoms with Crippen LogP contribution in [0.5, 0.6) is 0 Å². The molecule has 2 heterocycles. The summed E-state index contributed by atoms with van der Waals surface area (Å²) in [5.74, 6) is 0.298. The first-order valence-corrected chi connectivity index (χ1v) is 7.94. The van der Waals surface area contributed by atoms with Gasteiger partial charge < -0.3 is 5.32 Å². The van der Waals surface area contributed by atoms with Gasteiger partial charge in [-0.3, -0.25) is 9.97 Å². The number of nitrogens with one attached hydrogen (secondary N) is 1. The first-order chi connectivity index (χ1) is 10.2. The molecule has 2 aromatic rings. The summed E-state index contributed by atoms with van der Waals surface area (Å²) in [5.41, 5.74) is 3.35. The van der Waals surface area contributed by atoms with Crippen LogP contribution in [0.15, 0.2) is 30.6 Å². The van der Waals surface area contributed by atoms with E-state index >= 15 is 0 Å². The zero-order valence-corrected chi connectivity index (χ0v) is 13.3. The first kappa shape index (κ1) is 14.8. The molecular weight excluding hydrogens is 305 g/mol. The molecular formula is C16H17Cl2N3. The lowest BCUT2D eigenvalue weighted by Gasteiger charge is -2.25. The van der Waals surface area contributed by atoms with Crippen LogP contribution in [0.1, 0.15) is 42.3 Å². The molecule has 21 heavy (non-hydrogen) atoms. The standard InChI is InChI=1S/C16H17Cl2N3/c1-2-19-15(16-13(18)8-11(17)9-21-16)12-6-5-10-4-3-7-20-14(10)12/h3-4,7-9,12,15,19H,2,5-6H2,1H3. The van der Waals surface area contributed by atoms with Gasteiger partial charge in [-0.1, -0.05) is 36.2 Å². The zero-order chi connectivity index (χ0) is 14.8. The Bertz CT molecular complexity index is 645. The number of aryl methyl sites for hydroxylation is 1. The molecule has 0 saturated heterocycles. The van der Waals surface area contributed by atoms with Crippen LogP contribution in [0.2, 0.25) is 10.0 Å². The minimum Gasteiger partial charge on any atom is -0.308 e. The second-order valence-electron chi connectivity index (χ2n) is 5.25. The number of hydrogen-bond acceptors (Lipinski definition) is 3. The maximum atomic E-state index is 6.36. The highest BCUT2D eigenvalue weighted by Crippen LogP contribution is 2.41. The van der Waals surface area contributed by atoms with E-state index in [1.165, 1.54) is 5.56 Å². The maximum Gasteiger partial charge on any atom is 0.0766 e. The summed E-state index contributed by atoms with van der Waals surface area (Å²) in [6.45, 7) is 2.94. The van der Waals surface area contributed by atoms with Crippen molar-refractivity contribution in [1.29, 1.82) is 0 Å². The van der Waals surface area contributed by atoms with Crippen molar-refractivity contribution >= 4 is 23.2 Å². The van der Waals surface area contributed by atoms with Gasteiger partial charge in [0.15, 0.2) is 0 Å². The molecule has 1 aliphatic rings. The van der Waals surface area contributed by atoms with E-state index in [-0.39, 0.29) is 6.04 Å². The van der Waals surface area contributed by atoms with Gasteiger partial charge in [-0.2, -0.15) is 0 Å². The molecule has 0 fully saturated rings. The highest BCUT2D eigenvalue weighted by Gasteiger charge is 2.33. The third kappa shape index (κ3) is 2.91. The van der Waals surface area contributed by atoms with E-state index in [4.69, 9.17) is 23.2 Å². The van der Waals surface area contributed by atoms with Crippen LogP contribution >= 0.6 is 23.2 Å². The van der Waals surface area contributed by atoms with Gasteiger partial charge in [0.2, 0.25) is 0 Å². The quantitative estimate of drug-likeness (QED) is 0.918. The Morgan fingerprint density at radius 3 is 3.00 bits per heavy atom. The van der Waals surface area contributed by atoms with Crippen molar-refractivity contribution in [3.05, 3.63) is 57.6 Å². The summed E-state index contributed by atoms with van der Waals surface area (Å²) in [7, 11) is 0. The second-order valence-corrected chi connectivity index (χ2v) is 6.09. The molecule has 1 aliphatic carbocycles. The summed E-state index contributed by atoms with van der Waals surface area (Å²) in [6.07, 6.45) is 5.63. The van der Waals surface area contributed by atoms with Gasteiger partial charge in [0, 0.05) is 24.0 Å². The number of fused-ring (bicyclic) bond motifs is 1. The van der Waals surface area contributed by atoms with Crippen molar-refractivity contribution in [1.82, 2.24) is 15.3 Å². The summed E-state index contributed by atoms with van der Waals surface area (Å²) < 4.78 is 0. The number of rotatable bonds is 4. The molecule has 0 amide bonds. The first-order valence-electron chi connectivity index (χ1n) is 7.18. The van der Waals surface area contributed by atoms with Gasteiger partial charge >= 0.3 is 0 Å². The maximum absolute atomic E-state index is 6.36. The zero-order valence-electron chi connectivity index (χ0n) is 11.8. The average Bonchev–Trinajstić information content (AvgIpc) is 2.89. The molecule has 5 heteroatoms. The second kappa shape index (κ2) is 6.30. The monoisotopic (exact) mass is 321 g/mol. The largest absolute Gasteiger partial charge is 0.308 e. The van der Waals surface area contributed by atoms with Crippen molar-refractivity contribution in [2.75, 3.05) is 6.54 Å². The van der Waals surface area contributed by atoms with Crippen LogP contribution in [0, 0.1) is 0 Å². The Balaban J connectivity index is 1.99. The molecule has 110 valence electrons. The van der Waals surface area contributed by atoms with Gasteiger partial charge in [0.25, 0.3) is 0 Å². The van der Waals surface area contributed by atoms with Crippen LogP contribution in [0.25, 0.3) is 0 Å². The van der Waals surface area contributed by atoms with Crippen molar-refractivity contribution in [3.8, 4) is 0 Å². The van der Waals surface area contributed by atoms with Crippen molar-refractivity contribution in [2.24, 2.45) is 0 Å². The highest BCUT2D eigenvalue weighted by atomic mass is 35.5. The average molecular weight is 322 g/mol. The number of likely N-dealkylation sites (N-methyl/N-ethyl adjacent to an activating group) is 1. The highest BCUT2D eigenvalue weighted by molar-refractivity contribution is 6.34. The molecule has 2 unspecified atom stereocenters. The van der Waals surface area contributed by atoms with E-state index in [0.717, 1.165) is 30.8 Å². The van der Waals surface area contributed by atoms with Crippen LogP contribution < -0.4 is 5.32 Å². The summed E-state index contributed by atoms with van der Waals surface area (Å²) >= 11 is 12.3. The SMILES string of the molecule is CCNC(c1ncc(Cl)cc1Cl)C1CCc2cccnc21. The predicted molar refractivity (Wildman–Crippen MR) is 86.0 cm³/mol. The minimum atomic E-state index is 0.0657. The van der Waals surface area contributed by atoms with E-state index in [1.54, 1.807) is 12.3 Å². The van der Waals surface area contributed by atoms with Gasteiger partial charge in [-0.15, -0.1) is 0 Å². The van der Waals surface area contributed by atoms with Gasteiger partial charge in [0.1, 0.15) is 0 Å². The lowest BCUT2D eigenvalue weighted by Crippen LogP contribution is -2.27. The molecule has 0 saturated carbocycles. The molecule has 3 nitrogen and oxygen atoms in total. The molecule has 2 atom stereocenters. The van der Waals surface area contributed by atoms with E-state index in [2.05, 4.69) is 28.3 Å². The summed E-state index contributed by atoms with van der Waals surface area (Å²) in [5, 5.41) is 4.68. The molecule has 0 aromatic carbocycles. The Hall–Kier alpha value is -1.16. The molecule has 0 bridgehead atoms. The normalized spacial score (nSPS) is 18.5. The van der Waals surface area contributed by atoms with Crippen molar-refractivity contribution in [2.45, 2.75) is 31.7 Å². The Labute approximate surface area is 134 Å². The van der Waals surface area contributed by atoms with Gasteiger partial charge in [-0.25, -0.2) is 0 Å². The lowest BCUT2D eigenvalue weighted by atomic mass is 9.93. The molecule has 0 radical (unpaired) electrons. The number of pyridine rings is 2. The van der Waals surface area contributed by atoms with Gasteiger partial charge in [-0.05, 0) is 37.1 Å². The van der Waals surface area contributed by atoms with Crippen molar-refractivity contribution < 1.29 is 0 Å². The van der Waals surface area contributed by atoms with Crippen molar-refractivity contribution in [3.63, 3.8) is 0 Å².